The Labute approximate surface area is 139 Å². The molecule has 0 radical (unpaired) electrons. The minimum Gasteiger partial charge on any atom is -0.481 e. The summed E-state index contributed by atoms with van der Waals surface area (Å²) in [5.74, 6) is 3.08. The minimum atomic E-state index is 0.221. The highest BCUT2D eigenvalue weighted by atomic mass is 35.5. The molecule has 108 valence electrons. The van der Waals surface area contributed by atoms with E-state index in [2.05, 4.69) is 12.0 Å². The van der Waals surface area contributed by atoms with Crippen LogP contribution >= 0.6 is 23.2 Å². The number of hydrogen-bond acceptors (Lipinski definition) is 2. The molecule has 2 rings (SSSR count). The molecule has 2 aromatic rings. The molecule has 2 aromatic carbocycles. The second-order valence-corrected chi connectivity index (χ2v) is 5.20. The van der Waals surface area contributed by atoms with Gasteiger partial charge in [0.05, 0.1) is 16.7 Å². The first-order chi connectivity index (χ1) is 10.6. The topological polar surface area (TPSA) is 33.0 Å². The summed E-state index contributed by atoms with van der Waals surface area (Å²) in [6, 6.07) is 14.5. The van der Waals surface area contributed by atoms with Gasteiger partial charge in [0.25, 0.3) is 0 Å². The Bertz CT molecular complexity index is 780. The van der Waals surface area contributed by atoms with E-state index >= 15 is 0 Å². The fraction of sp³-hybridized carbons (Fsp3) is 0.0556. The zero-order chi connectivity index (χ0) is 15.9. The maximum absolute atomic E-state index is 9.35. The summed E-state index contributed by atoms with van der Waals surface area (Å²) in [7, 11) is 0. The van der Waals surface area contributed by atoms with Crippen LogP contribution in [-0.2, 0) is 0 Å². The summed E-state index contributed by atoms with van der Waals surface area (Å²) < 4.78 is 5.30. The zero-order valence-electron chi connectivity index (χ0n) is 11.5. The number of ether oxygens (including phenoxy) is 1. The number of nitriles is 1. The van der Waals surface area contributed by atoms with Gasteiger partial charge in [-0.15, -0.1) is 6.42 Å². The third-order valence-corrected chi connectivity index (χ3v) is 3.40. The Hall–Kier alpha value is -2.39. The molecule has 0 atom stereocenters. The van der Waals surface area contributed by atoms with Gasteiger partial charge in [0.1, 0.15) is 12.4 Å². The van der Waals surface area contributed by atoms with Gasteiger partial charge in [0.15, 0.2) is 0 Å². The molecule has 0 aromatic heterocycles. The molecule has 0 spiro atoms. The molecule has 22 heavy (non-hydrogen) atoms. The number of halogens is 2. The summed E-state index contributed by atoms with van der Waals surface area (Å²) in [6.45, 7) is 0.221. The monoisotopic (exact) mass is 327 g/mol. The molecular formula is C18H11Cl2NO. The summed E-state index contributed by atoms with van der Waals surface area (Å²) in [5.41, 5.74) is 1.95. The van der Waals surface area contributed by atoms with Gasteiger partial charge >= 0.3 is 0 Å². The van der Waals surface area contributed by atoms with Crippen LogP contribution in [0.1, 0.15) is 11.1 Å². The Balaban J connectivity index is 2.29. The maximum Gasteiger partial charge on any atom is 0.148 e. The predicted molar refractivity (Wildman–Crippen MR) is 90.7 cm³/mol. The lowest BCUT2D eigenvalue weighted by Crippen LogP contribution is -1.92. The van der Waals surface area contributed by atoms with Crippen molar-refractivity contribution in [2.24, 2.45) is 0 Å². The van der Waals surface area contributed by atoms with Crippen molar-refractivity contribution in [3.8, 4) is 24.2 Å². The van der Waals surface area contributed by atoms with Crippen molar-refractivity contribution in [3.63, 3.8) is 0 Å². The number of benzene rings is 2. The molecule has 0 aliphatic heterocycles. The van der Waals surface area contributed by atoms with Gasteiger partial charge < -0.3 is 4.74 Å². The van der Waals surface area contributed by atoms with Gasteiger partial charge in [-0.3, -0.25) is 0 Å². The molecule has 0 aliphatic carbocycles. The van der Waals surface area contributed by atoms with Gasteiger partial charge in [-0.25, -0.2) is 0 Å². The molecule has 0 bridgehead atoms. The van der Waals surface area contributed by atoms with E-state index in [9.17, 15) is 5.26 Å². The van der Waals surface area contributed by atoms with Crippen molar-refractivity contribution in [3.05, 3.63) is 63.6 Å². The molecule has 0 amide bonds. The third-order valence-electron chi connectivity index (χ3n) is 2.86. The molecule has 0 aliphatic rings. The second-order valence-electron chi connectivity index (χ2n) is 4.36. The second kappa shape index (κ2) is 7.57. The minimum absolute atomic E-state index is 0.221. The molecule has 0 fully saturated rings. The molecule has 0 saturated carbocycles. The van der Waals surface area contributed by atoms with E-state index in [1.54, 1.807) is 36.4 Å². The van der Waals surface area contributed by atoms with Crippen LogP contribution in [-0.4, -0.2) is 6.61 Å². The van der Waals surface area contributed by atoms with E-state index in [-0.39, 0.29) is 6.61 Å². The first-order valence-electron chi connectivity index (χ1n) is 6.37. The summed E-state index contributed by atoms with van der Waals surface area (Å²) in [6.07, 6.45) is 6.89. The molecule has 0 unspecified atom stereocenters. The molecular weight excluding hydrogens is 317 g/mol. The first-order valence-corrected chi connectivity index (χ1v) is 7.13. The largest absolute Gasteiger partial charge is 0.481 e. The zero-order valence-corrected chi connectivity index (χ0v) is 13.0. The lowest BCUT2D eigenvalue weighted by atomic mass is 10.0. The van der Waals surface area contributed by atoms with Crippen LogP contribution in [0.3, 0.4) is 0 Å². The Morgan fingerprint density at radius 2 is 1.91 bits per heavy atom. The first kappa shape index (κ1) is 16.0. The van der Waals surface area contributed by atoms with Crippen molar-refractivity contribution < 1.29 is 4.74 Å². The maximum atomic E-state index is 9.35. The number of rotatable bonds is 4. The summed E-state index contributed by atoms with van der Waals surface area (Å²) in [4.78, 5) is 0. The van der Waals surface area contributed by atoms with E-state index in [0.29, 0.717) is 26.9 Å². The van der Waals surface area contributed by atoms with Crippen LogP contribution < -0.4 is 4.74 Å². The Morgan fingerprint density at radius 3 is 2.50 bits per heavy atom. The highest BCUT2D eigenvalue weighted by Crippen LogP contribution is 2.28. The average molecular weight is 328 g/mol. The summed E-state index contributed by atoms with van der Waals surface area (Å²) >= 11 is 12.0. The Morgan fingerprint density at radius 1 is 1.18 bits per heavy atom. The average Bonchev–Trinajstić information content (AvgIpc) is 2.52. The molecule has 0 heterocycles. The van der Waals surface area contributed by atoms with Crippen molar-refractivity contribution in [2.75, 3.05) is 6.61 Å². The standard InChI is InChI=1S/C18H11Cl2NO/c1-2-9-22-16-6-3-13(4-7-16)10-14(12-21)17-8-5-15(19)11-18(17)20/h1,3-8,10-11H,9H2/b14-10+. The van der Waals surface area contributed by atoms with Crippen LogP contribution in [0, 0.1) is 23.7 Å². The van der Waals surface area contributed by atoms with Crippen molar-refractivity contribution in [2.45, 2.75) is 0 Å². The highest BCUT2D eigenvalue weighted by molar-refractivity contribution is 6.36. The number of allylic oxidation sites excluding steroid dienone is 1. The number of hydrogen-bond donors (Lipinski definition) is 0. The normalized spacial score (nSPS) is 10.6. The van der Waals surface area contributed by atoms with Crippen molar-refractivity contribution >= 4 is 34.9 Å². The van der Waals surface area contributed by atoms with Gasteiger partial charge in [-0.05, 0) is 35.9 Å². The molecule has 0 N–H and O–H groups in total. The van der Waals surface area contributed by atoms with E-state index < -0.39 is 0 Å². The van der Waals surface area contributed by atoms with Gasteiger partial charge in [-0.1, -0.05) is 47.3 Å². The fourth-order valence-corrected chi connectivity index (χ4v) is 2.34. The lowest BCUT2D eigenvalue weighted by molar-refractivity contribution is 0.370. The molecule has 4 heteroatoms. The number of nitrogens with zero attached hydrogens (tertiary/aromatic N) is 1. The van der Waals surface area contributed by atoms with Gasteiger partial charge in [0, 0.05) is 10.6 Å². The van der Waals surface area contributed by atoms with E-state index in [0.717, 1.165) is 5.56 Å². The van der Waals surface area contributed by atoms with Crippen LogP contribution in [0.2, 0.25) is 10.0 Å². The SMILES string of the molecule is C#CCOc1ccc(/C=C(\C#N)c2ccc(Cl)cc2Cl)cc1. The van der Waals surface area contributed by atoms with Crippen LogP contribution in [0.25, 0.3) is 11.6 Å². The smallest absolute Gasteiger partial charge is 0.148 e. The molecule has 2 nitrogen and oxygen atoms in total. The van der Waals surface area contributed by atoms with Gasteiger partial charge in [-0.2, -0.15) is 5.26 Å². The fourth-order valence-electron chi connectivity index (χ4n) is 1.83. The Kier molecular flexibility index (Phi) is 5.50. The van der Waals surface area contributed by atoms with E-state index in [1.165, 1.54) is 0 Å². The summed E-state index contributed by atoms with van der Waals surface area (Å²) in [5, 5.41) is 10.3. The van der Waals surface area contributed by atoms with E-state index in [4.69, 9.17) is 34.4 Å². The number of terminal acetylenes is 1. The quantitative estimate of drug-likeness (QED) is 0.446. The van der Waals surface area contributed by atoms with Gasteiger partial charge in [0.2, 0.25) is 0 Å². The van der Waals surface area contributed by atoms with E-state index in [1.807, 2.05) is 12.1 Å². The lowest BCUT2D eigenvalue weighted by Gasteiger charge is -2.05. The van der Waals surface area contributed by atoms with Crippen LogP contribution in [0.5, 0.6) is 5.75 Å². The molecule has 0 saturated heterocycles. The highest BCUT2D eigenvalue weighted by Gasteiger charge is 2.07. The van der Waals surface area contributed by atoms with Crippen LogP contribution in [0.4, 0.5) is 0 Å². The van der Waals surface area contributed by atoms with Crippen molar-refractivity contribution in [1.29, 1.82) is 5.26 Å². The third kappa shape index (κ3) is 4.06. The van der Waals surface area contributed by atoms with Crippen LogP contribution in [0.15, 0.2) is 42.5 Å². The predicted octanol–water partition coefficient (Wildman–Crippen LogP) is 5.07. The van der Waals surface area contributed by atoms with Crippen molar-refractivity contribution in [1.82, 2.24) is 0 Å².